The summed E-state index contributed by atoms with van der Waals surface area (Å²) in [4.78, 5) is 89.9. The number of likely N-dealkylation sites (tertiary alicyclic amines) is 1. The summed E-state index contributed by atoms with van der Waals surface area (Å²) >= 11 is 6.57. The van der Waals surface area contributed by atoms with Gasteiger partial charge in [0.05, 0.1) is 40.6 Å². The highest BCUT2D eigenvalue weighted by Crippen LogP contribution is 2.40. The van der Waals surface area contributed by atoms with Crippen molar-refractivity contribution in [2.45, 2.75) is 101 Å². The molecular weight excluding hydrogens is 846 g/mol. The molecule has 336 valence electrons. The van der Waals surface area contributed by atoms with E-state index in [1.54, 1.807) is 35.0 Å². The molecule has 4 aromatic rings. The standard InChI is InChI=1S/C45H50ClN9O9/c1-24(2)54-34-6-4-27(17-25(34)18-36(43(54)61)63-23-37(47)56)49-39-33(46)22-48-44(51-39)53-13-9-29(10-14-53)64-30-20-28(21-30)52-15-11-45(62,12-16-52)26-3-5-31-32(19-26)42(60)55(41(31)59)35-7-8-38(57)50-40(35)58/h3-6,17-19,22,24,28-30,35,62H,7-16,20-21,23H2,1-2H3,(H2,47,56)(H,48,49,51)(H,50,57,58). The Hall–Kier alpha value is -5.95. The first-order valence-electron chi connectivity index (χ1n) is 21.8. The number of piperidine rings is 3. The van der Waals surface area contributed by atoms with Crippen LogP contribution in [0.2, 0.25) is 5.02 Å². The van der Waals surface area contributed by atoms with Crippen molar-refractivity contribution in [2.24, 2.45) is 5.73 Å². The number of nitrogens with zero attached hydrogens (tertiary/aromatic N) is 6. The Morgan fingerprint density at radius 1 is 0.969 bits per heavy atom. The fourth-order valence-electron chi connectivity index (χ4n) is 9.62. The van der Waals surface area contributed by atoms with Gasteiger partial charge in [-0.2, -0.15) is 4.98 Å². The number of benzene rings is 2. The first-order chi connectivity index (χ1) is 30.6. The zero-order chi connectivity index (χ0) is 45.0. The molecule has 1 saturated carbocycles. The topological polar surface area (TPSA) is 232 Å². The molecule has 2 aromatic carbocycles. The quantitative estimate of drug-likeness (QED) is 0.149. The van der Waals surface area contributed by atoms with E-state index in [4.69, 9.17) is 31.8 Å². The van der Waals surface area contributed by atoms with Crippen LogP contribution in [0.15, 0.2) is 53.5 Å². The summed E-state index contributed by atoms with van der Waals surface area (Å²) in [6.07, 6.45) is 6.35. The number of pyridine rings is 1. The Labute approximate surface area is 373 Å². The van der Waals surface area contributed by atoms with Gasteiger partial charge in [-0.05, 0) is 101 Å². The zero-order valence-electron chi connectivity index (χ0n) is 35.5. The number of hydrogen-bond acceptors (Lipinski definition) is 14. The molecule has 5 amide bonds. The molecular formula is C45H50ClN9O9. The van der Waals surface area contributed by atoms with E-state index >= 15 is 0 Å². The summed E-state index contributed by atoms with van der Waals surface area (Å²) in [7, 11) is 0. The van der Waals surface area contributed by atoms with E-state index in [1.165, 1.54) is 0 Å². The molecule has 0 spiro atoms. The van der Waals surface area contributed by atoms with Crippen LogP contribution in [0.1, 0.15) is 97.5 Å². The normalized spacial score (nSPS) is 22.7. The molecule has 3 saturated heterocycles. The number of halogens is 1. The number of nitrogens with one attached hydrogen (secondary N) is 2. The van der Waals surface area contributed by atoms with Gasteiger partial charge in [-0.1, -0.05) is 17.7 Å². The Morgan fingerprint density at radius 2 is 1.70 bits per heavy atom. The maximum absolute atomic E-state index is 13.4. The third-order valence-corrected chi connectivity index (χ3v) is 13.5. The number of primary amides is 1. The largest absolute Gasteiger partial charge is 0.478 e. The molecule has 1 atom stereocenters. The average Bonchev–Trinajstić information content (AvgIpc) is 3.50. The van der Waals surface area contributed by atoms with Gasteiger partial charge in [-0.25, -0.2) is 4.98 Å². The summed E-state index contributed by atoms with van der Waals surface area (Å²) < 4.78 is 13.6. The van der Waals surface area contributed by atoms with Gasteiger partial charge in [0.15, 0.2) is 18.2 Å². The molecule has 19 heteroatoms. The Balaban J connectivity index is 0.754. The summed E-state index contributed by atoms with van der Waals surface area (Å²) in [5.74, 6) is -1.92. The van der Waals surface area contributed by atoms with Crippen LogP contribution >= 0.6 is 11.6 Å². The molecule has 18 nitrogen and oxygen atoms in total. The van der Waals surface area contributed by atoms with Crippen LogP contribution in [0.25, 0.3) is 10.9 Å². The summed E-state index contributed by atoms with van der Waals surface area (Å²) in [6.45, 7) is 6.14. The second kappa shape index (κ2) is 17.2. The highest BCUT2D eigenvalue weighted by Gasteiger charge is 2.46. The van der Waals surface area contributed by atoms with Gasteiger partial charge in [0.2, 0.25) is 17.8 Å². The molecule has 1 aliphatic carbocycles. The zero-order valence-corrected chi connectivity index (χ0v) is 36.3. The lowest BCUT2D eigenvalue weighted by atomic mass is 9.80. The molecule has 4 fully saturated rings. The number of amides is 5. The van der Waals surface area contributed by atoms with E-state index < -0.39 is 47.8 Å². The van der Waals surface area contributed by atoms with Crippen LogP contribution < -0.4 is 31.6 Å². The number of imide groups is 2. The maximum atomic E-state index is 13.4. The highest BCUT2D eigenvalue weighted by atomic mass is 35.5. The fraction of sp³-hybridized carbons (Fsp3) is 0.467. The molecule has 0 radical (unpaired) electrons. The highest BCUT2D eigenvalue weighted by molar-refractivity contribution is 6.33. The summed E-state index contributed by atoms with van der Waals surface area (Å²) in [6, 6.07) is 11.1. The monoisotopic (exact) mass is 895 g/mol. The Kier molecular flexibility index (Phi) is 11.6. The molecule has 1 unspecified atom stereocenters. The minimum absolute atomic E-state index is 0.0278. The minimum Gasteiger partial charge on any atom is -0.478 e. The molecule has 2 aromatic heterocycles. The summed E-state index contributed by atoms with van der Waals surface area (Å²) in [5.41, 5.74) is 6.05. The first kappa shape index (κ1) is 43.3. The van der Waals surface area contributed by atoms with E-state index in [2.05, 4.69) is 25.4 Å². The predicted molar refractivity (Wildman–Crippen MR) is 235 cm³/mol. The van der Waals surface area contributed by atoms with Crippen LogP contribution in [0.3, 0.4) is 0 Å². The second-order valence-electron chi connectivity index (χ2n) is 17.6. The number of carbonyl (C=O) groups excluding carboxylic acids is 5. The molecule has 9 rings (SSSR count). The van der Waals surface area contributed by atoms with Gasteiger partial charge in [0.25, 0.3) is 23.3 Å². The van der Waals surface area contributed by atoms with Crippen molar-refractivity contribution in [3.8, 4) is 5.75 Å². The van der Waals surface area contributed by atoms with Crippen LogP contribution in [0, 0.1) is 0 Å². The predicted octanol–water partition coefficient (Wildman–Crippen LogP) is 3.53. The van der Waals surface area contributed by atoms with Gasteiger partial charge >= 0.3 is 0 Å². The third-order valence-electron chi connectivity index (χ3n) is 13.2. The van der Waals surface area contributed by atoms with E-state index in [1.807, 2.05) is 32.0 Å². The maximum Gasteiger partial charge on any atom is 0.293 e. The minimum atomic E-state index is -1.17. The lowest BCUT2D eigenvalue weighted by Crippen LogP contribution is -2.54. The smallest absolute Gasteiger partial charge is 0.293 e. The van der Waals surface area contributed by atoms with Crippen LogP contribution in [0.4, 0.5) is 17.5 Å². The number of hydrogen-bond donors (Lipinski definition) is 4. The number of aromatic nitrogens is 3. The SMILES string of the molecule is CC(C)n1c(=O)c(OCC(N)=O)cc2cc(Nc3nc(N4CCC(OC5CC(N6CCC(O)(c7ccc8c(c7)C(=O)N(C7CCC(=O)NC7=O)C8=O)CC6)C5)CC4)ncc3Cl)ccc21. The van der Waals surface area contributed by atoms with E-state index in [0.717, 1.165) is 30.6 Å². The Bertz CT molecular complexity index is 2620. The van der Waals surface area contributed by atoms with Crippen LogP contribution in [-0.2, 0) is 24.7 Å². The van der Waals surface area contributed by atoms with E-state index in [-0.39, 0.29) is 53.5 Å². The molecule has 4 aliphatic heterocycles. The molecule has 6 heterocycles. The number of nitrogens with two attached hydrogens (primary N) is 1. The van der Waals surface area contributed by atoms with Crippen molar-refractivity contribution in [3.63, 3.8) is 0 Å². The van der Waals surface area contributed by atoms with Crippen molar-refractivity contribution in [1.29, 1.82) is 0 Å². The van der Waals surface area contributed by atoms with Crippen molar-refractivity contribution in [1.82, 2.24) is 29.7 Å². The number of aliphatic hydroxyl groups is 1. The van der Waals surface area contributed by atoms with Gasteiger partial charge in [0, 0.05) is 55.8 Å². The molecule has 0 bridgehead atoms. The van der Waals surface area contributed by atoms with Crippen LogP contribution in [-0.4, -0.2) is 116 Å². The number of anilines is 3. The van der Waals surface area contributed by atoms with Gasteiger partial charge in [-0.3, -0.25) is 43.9 Å². The molecule has 5 N–H and O–H groups in total. The number of ether oxygens (including phenoxy) is 2. The van der Waals surface area contributed by atoms with Crippen molar-refractivity contribution in [3.05, 3.63) is 80.7 Å². The average molecular weight is 896 g/mol. The lowest BCUT2D eigenvalue weighted by molar-refractivity contribution is -0.136. The van der Waals surface area contributed by atoms with Gasteiger partial charge in [0.1, 0.15) is 11.1 Å². The molecule has 5 aliphatic rings. The third kappa shape index (κ3) is 8.30. The van der Waals surface area contributed by atoms with Crippen molar-refractivity contribution >= 4 is 69.5 Å². The first-order valence-corrected chi connectivity index (χ1v) is 22.2. The fourth-order valence-corrected chi connectivity index (χ4v) is 9.76. The van der Waals surface area contributed by atoms with Crippen molar-refractivity contribution < 1.29 is 38.6 Å². The van der Waals surface area contributed by atoms with E-state index in [9.17, 15) is 33.9 Å². The van der Waals surface area contributed by atoms with Crippen LogP contribution in [0.5, 0.6) is 5.75 Å². The van der Waals surface area contributed by atoms with E-state index in [0.29, 0.717) is 84.0 Å². The summed E-state index contributed by atoms with van der Waals surface area (Å²) in [5, 5.41) is 18.3. The second-order valence-corrected chi connectivity index (χ2v) is 18.0. The lowest BCUT2D eigenvalue weighted by Gasteiger charge is -2.48. The number of rotatable bonds is 12. The van der Waals surface area contributed by atoms with Gasteiger partial charge in [-0.15, -0.1) is 0 Å². The van der Waals surface area contributed by atoms with Crippen molar-refractivity contribution in [2.75, 3.05) is 43.0 Å². The Morgan fingerprint density at radius 3 is 2.41 bits per heavy atom. The number of fused-ring (bicyclic) bond motifs is 2. The van der Waals surface area contributed by atoms with Gasteiger partial charge < -0.3 is 35.1 Å². The number of carbonyl (C=O) groups is 5. The molecule has 64 heavy (non-hydrogen) atoms.